The number of amides is 1. The number of aryl methyl sites for hydroxylation is 1. The maximum absolute atomic E-state index is 11.9. The van der Waals surface area contributed by atoms with Crippen molar-refractivity contribution in [3.63, 3.8) is 0 Å². The summed E-state index contributed by atoms with van der Waals surface area (Å²) in [6, 6.07) is -0.805. The first-order valence-electron chi connectivity index (χ1n) is 9.54. The van der Waals surface area contributed by atoms with Crippen LogP contribution in [0.4, 0.5) is 0 Å². The van der Waals surface area contributed by atoms with Gasteiger partial charge in [0.05, 0.1) is 34.5 Å². The van der Waals surface area contributed by atoms with Gasteiger partial charge in [-0.3, -0.25) is 4.79 Å². The van der Waals surface area contributed by atoms with Crippen molar-refractivity contribution in [2.45, 2.75) is 88.4 Å². The van der Waals surface area contributed by atoms with Gasteiger partial charge in [0.2, 0.25) is 5.91 Å². The van der Waals surface area contributed by atoms with Crippen LogP contribution in [0.2, 0.25) is 0 Å². The second-order valence-corrected chi connectivity index (χ2v) is 9.19. The van der Waals surface area contributed by atoms with Crippen LogP contribution in [0.1, 0.15) is 64.3 Å². The maximum atomic E-state index is 11.9. The zero-order valence-electron chi connectivity index (χ0n) is 15.8. The molecule has 0 unspecified atom stereocenters. The van der Waals surface area contributed by atoms with E-state index in [1.54, 1.807) is 11.8 Å². The Balaban J connectivity index is 1.85. The molecule has 7 nitrogen and oxygen atoms in total. The van der Waals surface area contributed by atoms with E-state index in [-0.39, 0.29) is 11.3 Å². The average molecular weight is 381 g/mol. The summed E-state index contributed by atoms with van der Waals surface area (Å²) in [5, 5.41) is 18.5. The van der Waals surface area contributed by atoms with Crippen LogP contribution in [-0.4, -0.2) is 53.0 Å². The molecule has 3 rings (SSSR count). The van der Waals surface area contributed by atoms with Crippen molar-refractivity contribution in [1.29, 1.82) is 0 Å². The predicted octanol–water partition coefficient (Wildman–Crippen LogP) is 2.48. The number of carboxylic acid groups (broad SMARTS) is 1. The molecule has 0 aliphatic carbocycles. The summed E-state index contributed by atoms with van der Waals surface area (Å²) >= 11 is 1.59. The lowest BCUT2D eigenvalue weighted by Crippen LogP contribution is -2.58. The van der Waals surface area contributed by atoms with Gasteiger partial charge in [0.25, 0.3) is 0 Å². The monoisotopic (exact) mass is 380 g/mol. The van der Waals surface area contributed by atoms with E-state index in [9.17, 15) is 14.7 Å². The molecule has 3 atom stereocenters. The van der Waals surface area contributed by atoms with Crippen LogP contribution >= 0.6 is 11.8 Å². The minimum absolute atomic E-state index is 0.0178. The fourth-order valence-electron chi connectivity index (χ4n) is 3.93. The Bertz CT molecular complexity index is 692. The number of hydrogen-bond donors (Lipinski definition) is 1. The molecule has 2 aliphatic rings. The largest absolute Gasteiger partial charge is 0.480 e. The van der Waals surface area contributed by atoms with Gasteiger partial charge >= 0.3 is 5.97 Å². The molecule has 26 heavy (non-hydrogen) atoms. The van der Waals surface area contributed by atoms with E-state index in [0.717, 1.165) is 49.9 Å². The standard InChI is InChI=1S/C18H28N4O3S/c1-4-6-8-12-13(9-7-5-2)21(20-19-12)11-18(3)16(17(24)25)22-14(23)10-15(22)26-18/h15-16H,4-11H2,1-3H3,(H,24,25)/t15-,16-,18-/m0/s1. The Kier molecular flexibility index (Phi) is 5.60. The van der Waals surface area contributed by atoms with Gasteiger partial charge in [-0.15, -0.1) is 16.9 Å². The van der Waals surface area contributed by atoms with Gasteiger partial charge in [0.15, 0.2) is 0 Å². The Morgan fingerprint density at radius 1 is 1.31 bits per heavy atom. The van der Waals surface area contributed by atoms with E-state index >= 15 is 0 Å². The quantitative estimate of drug-likeness (QED) is 0.662. The van der Waals surface area contributed by atoms with Crippen LogP contribution in [0.15, 0.2) is 0 Å². The highest BCUT2D eigenvalue weighted by Gasteiger charge is 2.60. The lowest BCUT2D eigenvalue weighted by molar-refractivity contribution is -0.157. The average Bonchev–Trinajstić information content (AvgIpc) is 3.06. The number of carboxylic acids is 1. The molecule has 144 valence electrons. The number of unbranched alkanes of at least 4 members (excludes halogenated alkanes) is 2. The van der Waals surface area contributed by atoms with E-state index < -0.39 is 16.8 Å². The number of carbonyl (C=O) groups is 2. The van der Waals surface area contributed by atoms with Gasteiger partial charge in [0, 0.05) is 0 Å². The molecule has 1 aromatic rings. The maximum Gasteiger partial charge on any atom is 0.327 e. The van der Waals surface area contributed by atoms with Gasteiger partial charge in [-0.05, 0) is 32.6 Å². The fourth-order valence-corrected chi connectivity index (χ4v) is 5.67. The molecular formula is C18H28N4O3S. The molecule has 2 saturated heterocycles. The zero-order valence-corrected chi connectivity index (χ0v) is 16.6. The van der Waals surface area contributed by atoms with Crippen LogP contribution in [-0.2, 0) is 29.0 Å². The lowest BCUT2D eigenvalue weighted by atomic mass is 9.96. The molecule has 1 N–H and O–H groups in total. The second-order valence-electron chi connectivity index (χ2n) is 7.48. The summed E-state index contributed by atoms with van der Waals surface area (Å²) in [7, 11) is 0. The smallest absolute Gasteiger partial charge is 0.327 e. The third kappa shape index (κ3) is 3.35. The van der Waals surface area contributed by atoms with Crippen LogP contribution in [0.5, 0.6) is 0 Å². The molecule has 0 spiro atoms. The van der Waals surface area contributed by atoms with Gasteiger partial charge in [0.1, 0.15) is 6.04 Å². The molecular weight excluding hydrogens is 352 g/mol. The fraction of sp³-hybridized carbons (Fsp3) is 0.778. The SMILES string of the molecule is CCCCc1nnn(C[C@]2(C)S[C@H]3CC(=O)N3[C@H]2C(=O)O)c1CCCC. The topological polar surface area (TPSA) is 88.3 Å². The first kappa shape index (κ1) is 19.2. The number of hydrogen-bond acceptors (Lipinski definition) is 5. The Hall–Kier alpha value is -1.57. The number of thioether (sulfide) groups is 1. The van der Waals surface area contributed by atoms with Crippen LogP contribution in [0, 0.1) is 0 Å². The minimum atomic E-state index is -0.933. The van der Waals surface area contributed by atoms with Gasteiger partial charge in [-0.25, -0.2) is 9.48 Å². The third-order valence-electron chi connectivity index (χ3n) is 5.36. The van der Waals surface area contributed by atoms with Crippen molar-refractivity contribution in [3.05, 3.63) is 11.4 Å². The van der Waals surface area contributed by atoms with Crippen molar-refractivity contribution >= 4 is 23.6 Å². The summed E-state index contributed by atoms with van der Waals surface area (Å²) in [6.45, 7) is 6.72. The van der Waals surface area contributed by atoms with Crippen LogP contribution in [0.3, 0.4) is 0 Å². The Labute approximate surface area is 158 Å². The van der Waals surface area contributed by atoms with E-state index in [1.165, 1.54) is 4.90 Å². The van der Waals surface area contributed by atoms with Crippen molar-refractivity contribution in [2.24, 2.45) is 0 Å². The number of rotatable bonds is 9. The first-order chi connectivity index (χ1) is 12.4. The highest BCUT2D eigenvalue weighted by atomic mass is 32.2. The van der Waals surface area contributed by atoms with Crippen molar-refractivity contribution in [3.8, 4) is 0 Å². The third-order valence-corrected chi connectivity index (χ3v) is 6.92. The molecule has 0 saturated carbocycles. The summed E-state index contributed by atoms with van der Waals surface area (Å²) in [6.07, 6.45) is 6.59. The lowest BCUT2D eigenvalue weighted by Gasteiger charge is -2.37. The van der Waals surface area contributed by atoms with E-state index in [1.807, 2.05) is 11.6 Å². The van der Waals surface area contributed by atoms with E-state index in [0.29, 0.717) is 13.0 Å². The molecule has 3 heterocycles. The highest BCUT2D eigenvalue weighted by Crippen LogP contribution is 2.51. The van der Waals surface area contributed by atoms with Crippen LogP contribution < -0.4 is 0 Å². The number of nitrogens with zero attached hydrogens (tertiary/aromatic N) is 4. The summed E-state index contributed by atoms with van der Waals surface area (Å²) in [4.78, 5) is 25.3. The van der Waals surface area contributed by atoms with E-state index in [2.05, 4.69) is 24.2 Å². The van der Waals surface area contributed by atoms with Crippen molar-refractivity contribution in [1.82, 2.24) is 19.9 Å². The number of carbonyl (C=O) groups excluding carboxylic acids is 1. The molecule has 0 bridgehead atoms. The molecule has 1 amide bonds. The second kappa shape index (κ2) is 7.58. The highest BCUT2D eigenvalue weighted by molar-refractivity contribution is 8.01. The molecule has 0 radical (unpaired) electrons. The predicted molar refractivity (Wildman–Crippen MR) is 99.9 cm³/mol. The van der Waals surface area contributed by atoms with Crippen molar-refractivity contribution in [2.75, 3.05) is 0 Å². The van der Waals surface area contributed by atoms with Crippen LogP contribution in [0.25, 0.3) is 0 Å². The van der Waals surface area contributed by atoms with Gasteiger partial charge < -0.3 is 10.0 Å². The number of β-lactam (4-membered cyclic amide) rings is 1. The number of aromatic nitrogens is 3. The Morgan fingerprint density at radius 2 is 2.00 bits per heavy atom. The minimum Gasteiger partial charge on any atom is -0.480 e. The molecule has 0 aromatic carbocycles. The molecule has 2 fully saturated rings. The Morgan fingerprint density at radius 3 is 2.62 bits per heavy atom. The van der Waals surface area contributed by atoms with Gasteiger partial charge in [-0.1, -0.05) is 31.9 Å². The van der Waals surface area contributed by atoms with Crippen molar-refractivity contribution < 1.29 is 14.7 Å². The molecule has 2 aliphatic heterocycles. The molecule has 1 aromatic heterocycles. The number of fused-ring (bicyclic) bond motifs is 1. The summed E-state index contributed by atoms with van der Waals surface area (Å²) in [5.74, 6) is -0.996. The molecule has 8 heteroatoms. The number of aliphatic carboxylic acids is 1. The van der Waals surface area contributed by atoms with E-state index in [4.69, 9.17) is 0 Å². The zero-order chi connectivity index (χ0) is 18.9. The van der Waals surface area contributed by atoms with Gasteiger partial charge in [-0.2, -0.15) is 0 Å². The first-order valence-corrected chi connectivity index (χ1v) is 10.4. The normalized spacial score (nSPS) is 27.5. The summed E-state index contributed by atoms with van der Waals surface area (Å²) in [5.41, 5.74) is 2.17. The summed E-state index contributed by atoms with van der Waals surface area (Å²) < 4.78 is 1.30.